The van der Waals surface area contributed by atoms with Gasteiger partial charge in [-0.15, -0.1) is 0 Å². The number of hydrogen-bond acceptors (Lipinski definition) is 4. The summed E-state index contributed by atoms with van der Waals surface area (Å²) in [6, 6.07) is 6.49. The first-order chi connectivity index (χ1) is 9.32. The SMILES string of the molecule is CC(C(=O)Nc1ccccc1C(N)=S)N(C)CC(N)=O. The second-order valence-corrected chi connectivity index (χ2v) is 4.90. The third-order valence-corrected chi connectivity index (χ3v) is 3.12. The topological polar surface area (TPSA) is 101 Å². The molecule has 1 aromatic carbocycles. The van der Waals surface area contributed by atoms with Crippen molar-refractivity contribution in [1.82, 2.24) is 4.90 Å². The minimum atomic E-state index is -0.512. The van der Waals surface area contributed by atoms with Crippen molar-refractivity contribution in [2.75, 3.05) is 18.9 Å². The van der Waals surface area contributed by atoms with E-state index in [2.05, 4.69) is 5.32 Å². The molecule has 0 bridgehead atoms. The van der Waals surface area contributed by atoms with Crippen LogP contribution in [0.2, 0.25) is 0 Å². The third kappa shape index (κ3) is 4.29. The van der Waals surface area contributed by atoms with Gasteiger partial charge in [0, 0.05) is 5.56 Å². The Morgan fingerprint density at radius 2 is 1.95 bits per heavy atom. The van der Waals surface area contributed by atoms with Crippen molar-refractivity contribution in [2.24, 2.45) is 11.5 Å². The number of rotatable bonds is 6. The van der Waals surface area contributed by atoms with E-state index in [-0.39, 0.29) is 17.4 Å². The number of hydrogen-bond donors (Lipinski definition) is 3. The molecule has 0 saturated carbocycles. The summed E-state index contributed by atoms with van der Waals surface area (Å²) in [5.74, 6) is -0.756. The first-order valence-electron chi connectivity index (χ1n) is 6.01. The third-order valence-electron chi connectivity index (χ3n) is 2.90. The molecule has 108 valence electrons. The number of nitrogens with one attached hydrogen (secondary N) is 1. The molecule has 0 aliphatic carbocycles. The molecule has 6 nitrogen and oxygen atoms in total. The van der Waals surface area contributed by atoms with Gasteiger partial charge in [0.25, 0.3) is 0 Å². The standard InChI is InChI=1S/C13H18N4O2S/c1-8(17(2)7-11(14)18)13(19)16-10-6-4-3-5-9(10)12(15)20/h3-6,8H,7H2,1-2H3,(H2,14,18)(H2,15,20)(H,16,19). The van der Waals surface area contributed by atoms with Crippen molar-refractivity contribution < 1.29 is 9.59 Å². The lowest BCUT2D eigenvalue weighted by molar-refractivity contribution is -0.123. The van der Waals surface area contributed by atoms with Gasteiger partial charge in [0.1, 0.15) is 4.99 Å². The van der Waals surface area contributed by atoms with E-state index in [9.17, 15) is 9.59 Å². The summed E-state index contributed by atoms with van der Waals surface area (Å²) >= 11 is 4.93. The van der Waals surface area contributed by atoms with Gasteiger partial charge in [0.15, 0.2) is 0 Å². The molecule has 0 aliphatic rings. The molecule has 5 N–H and O–H groups in total. The quantitative estimate of drug-likeness (QED) is 0.644. The summed E-state index contributed by atoms with van der Waals surface area (Å²) in [4.78, 5) is 24.7. The van der Waals surface area contributed by atoms with Crippen molar-refractivity contribution in [3.05, 3.63) is 29.8 Å². The van der Waals surface area contributed by atoms with Crippen LogP contribution >= 0.6 is 12.2 Å². The van der Waals surface area contributed by atoms with Gasteiger partial charge in [0.2, 0.25) is 11.8 Å². The normalized spacial score (nSPS) is 11.9. The Hall–Kier alpha value is -1.99. The number of benzene rings is 1. The molecule has 0 fully saturated rings. The molecule has 0 saturated heterocycles. The molecule has 0 aromatic heterocycles. The van der Waals surface area contributed by atoms with Crippen LogP contribution in [0.15, 0.2) is 24.3 Å². The Bertz CT molecular complexity index is 533. The van der Waals surface area contributed by atoms with Gasteiger partial charge < -0.3 is 16.8 Å². The lowest BCUT2D eigenvalue weighted by Gasteiger charge is -2.22. The Labute approximate surface area is 123 Å². The number of anilines is 1. The fourth-order valence-electron chi connectivity index (χ4n) is 1.63. The molecule has 0 heterocycles. The van der Waals surface area contributed by atoms with E-state index in [1.807, 2.05) is 0 Å². The van der Waals surface area contributed by atoms with Gasteiger partial charge in [-0.2, -0.15) is 0 Å². The van der Waals surface area contributed by atoms with Gasteiger partial charge in [-0.1, -0.05) is 24.4 Å². The molecule has 0 spiro atoms. The maximum absolute atomic E-state index is 12.1. The number of amides is 2. The number of nitrogens with two attached hydrogens (primary N) is 2. The summed E-state index contributed by atoms with van der Waals surface area (Å²) in [7, 11) is 1.65. The van der Waals surface area contributed by atoms with Crippen molar-refractivity contribution in [3.63, 3.8) is 0 Å². The summed E-state index contributed by atoms with van der Waals surface area (Å²) in [6.45, 7) is 1.69. The summed E-state index contributed by atoms with van der Waals surface area (Å²) < 4.78 is 0. The van der Waals surface area contributed by atoms with Crippen LogP contribution in [0.1, 0.15) is 12.5 Å². The summed E-state index contributed by atoms with van der Waals surface area (Å²) in [5, 5.41) is 2.75. The lowest BCUT2D eigenvalue weighted by Crippen LogP contribution is -2.43. The summed E-state index contributed by atoms with van der Waals surface area (Å²) in [5.41, 5.74) is 11.8. The average Bonchev–Trinajstić information content (AvgIpc) is 2.37. The zero-order chi connectivity index (χ0) is 15.3. The smallest absolute Gasteiger partial charge is 0.241 e. The Balaban J connectivity index is 2.80. The molecule has 0 aliphatic heterocycles. The van der Waals surface area contributed by atoms with Crippen molar-refractivity contribution >= 4 is 34.7 Å². The highest BCUT2D eigenvalue weighted by atomic mass is 32.1. The van der Waals surface area contributed by atoms with Crippen molar-refractivity contribution in [3.8, 4) is 0 Å². The second kappa shape index (κ2) is 6.97. The zero-order valence-corrected chi connectivity index (χ0v) is 12.2. The molecule has 1 unspecified atom stereocenters. The number of nitrogens with zero attached hydrogens (tertiary/aromatic N) is 1. The zero-order valence-electron chi connectivity index (χ0n) is 11.4. The van der Waals surface area contributed by atoms with Crippen LogP contribution in [0.5, 0.6) is 0 Å². The minimum Gasteiger partial charge on any atom is -0.389 e. The maximum Gasteiger partial charge on any atom is 0.241 e. The van der Waals surface area contributed by atoms with E-state index in [1.165, 1.54) is 0 Å². The predicted molar refractivity (Wildman–Crippen MR) is 82.2 cm³/mol. The molecule has 1 atom stereocenters. The van der Waals surface area contributed by atoms with E-state index >= 15 is 0 Å². The number of primary amides is 1. The second-order valence-electron chi connectivity index (χ2n) is 4.46. The van der Waals surface area contributed by atoms with Crippen LogP contribution < -0.4 is 16.8 Å². The maximum atomic E-state index is 12.1. The molecular weight excluding hydrogens is 276 g/mol. The van der Waals surface area contributed by atoms with Crippen LogP contribution in [-0.2, 0) is 9.59 Å². The first kappa shape index (κ1) is 16.1. The van der Waals surface area contributed by atoms with Crippen LogP contribution in [0.3, 0.4) is 0 Å². The van der Waals surface area contributed by atoms with Gasteiger partial charge in [-0.3, -0.25) is 14.5 Å². The van der Waals surface area contributed by atoms with Crippen LogP contribution in [0, 0.1) is 0 Å². The van der Waals surface area contributed by atoms with Crippen LogP contribution in [-0.4, -0.2) is 41.3 Å². The lowest BCUT2D eigenvalue weighted by atomic mass is 10.1. The highest BCUT2D eigenvalue weighted by Crippen LogP contribution is 2.15. The number of likely N-dealkylation sites (N-methyl/N-ethyl adjacent to an activating group) is 1. The molecular formula is C13H18N4O2S. The van der Waals surface area contributed by atoms with E-state index < -0.39 is 11.9 Å². The molecule has 1 rings (SSSR count). The van der Waals surface area contributed by atoms with E-state index in [0.29, 0.717) is 11.3 Å². The largest absolute Gasteiger partial charge is 0.389 e. The fourth-order valence-corrected chi connectivity index (χ4v) is 1.81. The van der Waals surface area contributed by atoms with Gasteiger partial charge in [-0.05, 0) is 26.1 Å². The Morgan fingerprint density at radius 3 is 2.50 bits per heavy atom. The van der Waals surface area contributed by atoms with Crippen molar-refractivity contribution in [2.45, 2.75) is 13.0 Å². The van der Waals surface area contributed by atoms with Gasteiger partial charge >= 0.3 is 0 Å². The molecule has 7 heteroatoms. The molecule has 20 heavy (non-hydrogen) atoms. The summed E-state index contributed by atoms with van der Waals surface area (Å²) in [6.07, 6.45) is 0. The van der Waals surface area contributed by atoms with Gasteiger partial charge in [-0.25, -0.2) is 0 Å². The van der Waals surface area contributed by atoms with Crippen LogP contribution in [0.4, 0.5) is 5.69 Å². The van der Waals surface area contributed by atoms with E-state index in [1.54, 1.807) is 43.1 Å². The van der Waals surface area contributed by atoms with E-state index in [4.69, 9.17) is 23.7 Å². The number of thiocarbonyl (C=S) groups is 1. The highest BCUT2D eigenvalue weighted by molar-refractivity contribution is 7.80. The number of para-hydroxylation sites is 1. The minimum absolute atomic E-state index is 0.00549. The van der Waals surface area contributed by atoms with E-state index in [0.717, 1.165) is 0 Å². The molecule has 0 radical (unpaired) electrons. The predicted octanol–water partition coefficient (Wildman–Crippen LogP) is 0.0649. The highest BCUT2D eigenvalue weighted by Gasteiger charge is 2.20. The van der Waals surface area contributed by atoms with Crippen molar-refractivity contribution in [1.29, 1.82) is 0 Å². The number of carbonyl (C=O) groups is 2. The fraction of sp³-hybridized carbons (Fsp3) is 0.308. The first-order valence-corrected chi connectivity index (χ1v) is 6.42. The number of carbonyl (C=O) groups excluding carboxylic acids is 2. The Morgan fingerprint density at radius 1 is 1.35 bits per heavy atom. The van der Waals surface area contributed by atoms with Gasteiger partial charge in [0.05, 0.1) is 18.3 Å². The van der Waals surface area contributed by atoms with Crippen LogP contribution in [0.25, 0.3) is 0 Å². The molecule has 2 amide bonds. The molecule has 1 aromatic rings. The monoisotopic (exact) mass is 294 g/mol. The average molecular weight is 294 g/mol. The Kier molecular flexibility index (Phi) is 5.60.